The van der Waals surface area contributed by atoms with E-state index in [1.807, 2.05) is 24.3 Å². The zero-order valence-electron chi connectivity index (χ0n) is 15.5. The number of methoxy groups -OCH3 is 1. The van der Waals surface area contributed by atoms with E-state index in [0.29, 0.717) is 30.7 Å². The first kappa shape index (κ1) is 21.1. The second kappa shape index (κ2) is 8.02. The van der Waals surface area contributed by atoms with E-state index in [1.54, 1.807) is 7.11 Å². The van der Waals surface area contributed by atoms with Gasteiger partial charge in [0.25, 0.3) is 0 Å². The molecule has 152 valence electrons. The molecule has 0 spiro atoms. The summed E-state index contributed by atoms with van der Waals surface area (Å²) in [6.45, 7) is 1.69. The van der Waals surface area contributed by atoms with Gasteiger partial charge in [-0.2, -0.15) is 4.31 Å². The van der Waals surface area contributed by atoms with Crippen LogP contribution in [0.25, 0.3) is 0 Å². The molecule has 28 heavy (non-hydrogen) atoms. The van der Waals surface area contributed by atoms with Gasteiger partial charge in [0.05, 0.1) is 16.9 Å². The van der Waals surface area contributed by atoms with Crippen molar-refractivity contribution in [3.8, 4) is 5.75 Å². The number of sulfonamides is 1. The summed E-state index contributed by atoms with van der Waals surface area (Å²) >= 11 is 3.24. The Morgan fingerprint density at radius 3 is 2.07 bits per heavy atom. The van der Waals surface area contributed by atoms with Gasteiger partial charge in [0.2, 0.25) is 10.0 Å². The van der Waals surface area contributed by atoms with Crippen molar-refractivity contribution < 1.29 is 21.6 Å². The number of anilines is 1. The van der Waals surface area contributed by atoms with Gasteiger partial charge in [-0.15, -0.1) is 0 Å². The molecule has 1 heterocycles. The molecular weight excluding hydrogens is 468 g/mol. The Bertz CT molecular complexity index is 1060. The molecule has 0 N–H and O–H groups in total. The molecule has 1 fully saturated rings. The number of ether oxygens (including phenoxy) is 1. The minimum absolute atomic E-state index is 0.0221. The lowest BCUT2D eigenvalue weighted by Gasteiger charge is -2.35. The average molecular weight is 489 g/mol. The molecule has 0 saturated carbocycles. The Hall–Kier alpha value is -1.62. The third-order valence-electron chi connectivity index (χ3n) is 4.62. The second-order valence-corrected chi connectivity index (χ2v) is 11.2. The fraction of sp³-hybridized carbons (Fsp3) is 0.333. The summed E-state index contributed by atoms with van der Waals surface area (Å²) in [6, 6.07) is 11.7. The van der Waals surface area contributed by atoms with Gasteiger partial charge in [-0.05, 0) is 58.4 Å². The number of rotatable bonds is 5. The predicted molar refractivity (Wildman–Crippen MR) is 111 cm³/mol. The first-order chi connectivity index (χ1) is 13.1. The predicted octanol–water partition coefficient (Wildman–Crippen LogP) is 2.37. The summed E-state index contributed by atoms with van der Waals surface area (Å²) in [7, 11) is -5.72. The summed E-state index contributed by atoms with van der Waals surface area (Å²) in [6.07, 6.45) is 1.06. The van der Waals surface area contributed by atoms with Crippen LogP contribution >= 0.6 is 15.9 Å². The van der Waals surface area contributed by atoms with Crippen molar-refractivity contribution in [2.24, 2.45) is 0 Å². The molecule has 0 aliphatic carbocycles. The van der Waals surface area contributed by atoms with E-state index in [9.17, 15) is 16.8 Å². The fourth-order valence-electron chi connectivity index (χ4n) is 3.03. The van der Waals surface area contributed by atoms with E-state index < -0.39 is 19.9 Å². The van der Waals surface area contributed by atoms with Gasteiger partial charge in [-0.25, -0.2) is 16.8 Å². The van der Waals surface area contributed by atoms with Crippen molar-refractivity contribution in [1.82, 2.24) is 4.31 Å². The molecular formula is C18H21BrN2O5S2. The standard InChI is InChI=1S/C18H21BrN2O5S2/c1-26-15-5-3-14(4-6-15)20-9-11-21(12-10-20)28(24,25)18-13-16(27(2,22)23)7-8-17(18)19/h3-8,13H,9-12H2,1-2H3. The van der Waals surface area contributed by atoms with E-state index in [4.69, 9.17) is 4.74 Å². The maximum Gasteiger partial charge on any atom is 0.244 e. The summed E-state index contributed by atoms with van der Waals surface area (Å²) in [4.78, 5) is 2.05. The number of hydrogen-bond donors (Lipinski definition) is 0. The Kier molecular flexibility index (Phi) is 6.04. The molecule has 2 aromatic rings. The van der Waals surface area contributed by atoms with Crippen LogP contribution < -0.4 is 9.64 Å². The smallest absolute Gasteiger partial charge is 0.244 e. The highest BCUT2D eigenvalue weighted by Gasteiger charge is 2.31. The molecule has 2 aromatic carbocycles. The maximum atomic E-state index is 13.1. The lowest BCUT2D eigenvalue weighted by atomic mass is 10.2. The number of benzene rings is 2. The number of halogens is 1. The van der Waals surface area contributed by atoms with Crippen LogP contribution in [0.1, 0.15) is 0 Å². The van der Waals surface area contributed by atoms with Gasteiger partial charge in [0.1, 0.15) is 5.75 Å². The van der Waals surface area contributed by atoms with Crippen molar-refractivity contribution in [3.05, 3.63) is 46.9 Å². The lowest BCUT2D eigenvalue weighted by Crippen LogP contribution is -2.48. The molecule has 10 heteroatoms. The summed E-state index contributed by atoms with van der Waals surface area (Å²) in [5.41, 5.74) is 0.998. The summed E-state index contributed by atoms with van der Waals surface area (Å²) in [5, 5.41) is 0. The first-order valence-corrected chi connectivity index (χ1v) is 12.6. The van der Waals surface area contributed by atoms with Crippen molar-refractivity contribution in [2.45, 2.75) is 9.79 Å². The summed E-state index contributed by atoms with van der Waals surface area (Å²) < 4.78 is 56.7. The number of nitrogens with zero attached hydrogens (tertiary/aromatic N) is 2. The van der Waals surface area contributed by atoms with E-state index in [0.717, 1.165) is 17.7 Å². The van der Waals surface area contributed by atoms with E-state index in [2.05, 4.69) is 20.8 Å². The minimum Gasteiger partial charge on any atom is -0.497 e. The largest absolute Gasteiger partial charge is 0.497 e. The quantitative estimate of drug-likeness (QED) is 0.642. The third kappa shape index (κ3) is 4.35. The van der Waals surface area contributed by atoms with Crippen molar-refractivity contribution >= 4 is 41.5 Å². The molecule has 7 nitrogen and oxygen atoms in total. The molecule has 0 aromatic heterocycles. The van der Waals surface area contributed by atoms with E-state index in [-0.39, 0.29) is 9.79 Å². The van der Waals surface area contributed by atoms with Crippen LogP contribution in [0.15, 0.2) is 56.7 Å². The summed E-state index contributed by atoms with van der Waals surface area (Å²) in [5.74, 6) is 0.764. The maximum absolute atomic E-state index is 13.1. The Morgan fingerprint density at radius 2 is 1.54 bits per heavy atom. The van der Waals surface area contributed by atoms with Gasteiger partial charge in [0.15, 0.2) is 9.84 Å². The van der Waals surface area contributed by atoms with Gasteiger partial charge in [0, 0.05) is 42.6 Å². The van der Waals surface area contributed by atoms with Gasteiger partial charge < -0.3 is 9.64 Å². The molecule has 0 amide bonds. The number of piperazine rings is 1. The van der Waals surface area contributed by atoms with Gasteiger partial charge in [-0.1, -0.05) is 0 Å². The van der Waals surface area contributed by atoms with Crippen molar-refractivity contribution in [2.75, 3.05) is 44.4 Å². The zero-order valence-corrected chi connectivity index (χ0v) is 18.7. The van der Waals surface area contributed by atoms with Crippen LogP contribution in [-0.4, -0.2) is 60.7 Å². The molecule has 3 rings (SSSR count). The van der Waals surface area contributed by atoms with Crippen LogP contribution in [0.4, 0.5) is 5.69 Å². The minimum atomic E-state index is -3.82. The fourth-order valence-corrected chi connectivity index (χ4v) is 6.13. The van der Waals surface area contributed by atoms with Crippen LogP contribution in [0, 0.1) is 0 Å². The van der Waals surface area contributed by atoms with Gasteiger partial charge in [-0.3, -0.25) is 0 Å². The topological polar surface area (TPSA) is 84.0 Å². The van der Waals surface area contributed by atoms with E-state index >= 15 is 0 Å². The lowest BCUT2D eigenvalue weighted by molar-refractivity contribution is 0.384. The average Bonchev–Trinajstić information content (AvgIpc) is 2.67. The SMILES string of the molecule is COc1ccc(N2CCN(S(=O)(=O)c3cc(S(C)(=O)=O)ccc3Br)CC2)cc1. The van der Waals surface area contributed by atoms with Crippen LogP contribution in [0.3, 0.4) is 0 Å². The first-order valence-electron chi connectivity index (χ1n) is 8.52. The highest BCUT2D eigenvalue weighted by molar-refractivity contribution is 9.10. The van der Waals surface area contributed by atoms with E-state index in [1.165, 1.54) is 22.5 Å². The number of sulfone groups is 1. The molecule has 1 saturated heterocycles. The number of hydrogen-bond acceptors (Lipinski definition) is 6. The Labute approximate surface area is 174 Å². The van der Waals surface area contributed by atoms with Crippen LogP contribution in [-0.2, 0) is 19.9 Å². The zero-order chi connectivity index (χ0) is 20.5. The van der Waals surface area contributed by atoms with Crippen LogP contribution in [0.5, 0.6) is 5.75 Å². The Balaban J connectivity index is 1.79. The van der Waals surface area contributed by atoms with Crippen molar-refractivity contribution in [1.29, 1.82) is 0 Å². The monoisotopic (exact) mass is 488 g/mol. The molecule has 0 bridgehead atoms. The van der Waals surface area contributed by atoms with Gasteiger partial charge >= 0.3 is 0 Å². The molecule has 0 unspecified atom stereocenters. The molecule has 0 atom stereocenters. The molecule has 0 radical (unpaired) electrons. The second-order valence-electron chi connectivity index (χ2n) is 6.45. The van der Waals surface area contributed by atoms with Crippen LogP contribution in [0.2, 0.25) is 0 Å². The highest BCUT2D eigenvalue weighted by atomic mass is 79.9. The third-order valence-corrected chi connectivity index (χ3v) is 8.63. The van der Waals surface area contributed by atoms with Crippen molar-refractivity contribution in [3.63, 3.8) is 0 Å². The Morgan fingerprint density at radius 1 is 0.929 bits per heavy atom. The highest BCUT2D eigenvalue weighted by Crippen LogP contribution is 2.29. The molecule has 1 aliphatic heterocycles. The normalized spacial score (nSPS) is 16.2. The molecule has 1 aliphatic rings.